The van der Waals surface area contributed by atoms with Crippen molar-refractivity contribution < 1.29 is 14.3 Å². The van der Waals surface area contributed by atoms with Crippen molar-refractivity contribution in [3.8, 4) is 11.3 Å². The van der Waals surface area contributed by atoms with Crippen LogP contribution in [-0.2, 0) is 6.54 Å². The molecule has 0 aliphatic carbocycles. The van der Waals surface area contributed by atoms with Crippen molar-refractivity contribution in [3.63, 3.8) is 0 Å². The number of nitrogens with zero attached hydrogens (tertiary/aromatic N) is 2. The minimum absolute atomic E-state index is 0.0942. The van der Waals surface area contributed by atoms with Crippen LogP contribution in [0.25, 0.3) is 11.3 Å². The first-order valence-corrected chi connectivity index (χ1v) is 6.10. The fraction of sp³-hybridized carbons (Fsp3) is 0.286. The van der Waals surface area contributed by atoms with Crippen LogP contribution in [0.4, 0.5) is 4.39 Å². The molecule has 2 aromatic rings. The zero-order valence-corrected chi connectivity index (χ0v) is 10.9. The number of carbonyl (C=O) groups is 1. The van der Waals surface area contributed by atoms with Gasteiger partial charge in [-0.2, -0.15) is 5.10 Å². The molecule has 0 atom stereocenters. The summed E-state index contributed by atoms with van der Waals surface area (Å²) in [4.78, 5) is 11.2. The predicted octanol–water partition coefficient (Wildman–Crippen LogP) is 3.11. The number of halogens is 1. The van der Waals surface area contributed by atoms with E-state index in [9.17, 15) is 14.3 Å². The molecule has 0 saturated carbocycles. The number of aryl methyl sites for hydroxylation is 2. The third kappa shape index (κ3) is 2.65. The van der Waals surface area contributed by atoms with Gasteiger partial charge in [0.05, 0.1) is 0 Å². The number of aromatic carboxylic acids is 1. The summed E-state index contributed by atoms with van der Waals surface area (Å²) in [6, 6.07) is 4.62. The average molecular weight is 262 g/mol. The second-order valence-electron chi connectivity index (χ2n) is 4.42. The van der Waals surface area contributed by atoms with Gasteiger partial charge in [0.15, 0.2) is 0 Å². The van der Waals surface area contributed by atoms with E-state index in [1.54, 1.807) is 23.7 Å². The molecule has 0 amide bonds. The molecule has 5 heteroatoms. The first-order chi connectivity index (χ1) is 9.02. The van der Waals surface area contributed by atoms with Crippen molar-refractivity contribution in [2.45, 2.75) is 26.8 Å². The molecule has 1 N–H and O–H groups in total. The summed E-state index contributed by atoms with van der Waals surface area (Å²) in [7, 11) is 0. The van der Waals surface area contributed by atoms with Gasteiger partial charge in [0, 0.05) is 18.3 Å². The standard InChI is InChI=1S/C14H15FN2O2/c1-3-6-17-8-11(14(18)19)13(16-17)10-5-4-9(2)12(15)7-10/h4-5,7-8H,3,6H2,1-2H3,(H,18,19). The zero-order valence-electron chi connectivity index (χ0n) is 10.9. The van der Waals surface area contributed by atoms with Gasteiger partial charge in [-0.25, -0.2) is 9.18 Å². The smallest absolute Gasteiger partial charge is 0.339 e. The van der Waals surface area contributed by atoms with Crippen LogP contribution >= 0.6 is 0 Å². The summed E-state index contributed by atoms with van der Waals surface area (Å²) >= 11 is 0. The maximum absolute atomic E-state index is 13.6. The first-order valence-electron chi connectivity index (χ1n) is 6.10. The van der Waals surface area contributed by atoms with Crippen molar-refractivity contribution >= 4 is 5.97 Å². The number of aromatic nitrogens is 2. The molecular formula is C14H15FN2O2. The summed E-state index contributed by atoms with van der Waals surface area (Å²) < 4.78 is 15.2. The Balaban J connectivity index is 2.53. The molecule has 0 aliphatic heterocycles. The van der Waals surface area contributed by atoms with E-state index in [0.29, 0.717) is 23.4 Å². The predicted molar refractivity (Wildman–Crippen MR) is 69.6 cm³/mol. The monoisotopic (exact) mass is 262 g/mol. The van der Waals surface area contributed by atoms with Crippen molar-refractivity contribution in [1.82, 2.24) is 9.78 Å². The second-order valence-corrected chi connectivity index (χ2v) is 4.42. The SMILES string of the molecule is CCCn1cc(C(=O)O)c(-c2ccc(C)c(F)c2)n1. The van der Waals surface area contributed by atoms with Crippen LogP contribution in [0, 0.1) is 12.7 Å². The van der Waals surface area contributed by atoms with Gasteiger partial charge in [-0.3, -0.25) is 4.68 Å². The summed E-state index contributed by atoms with van der Waals surface area (Å²) in [6.07, 6.45) is 2.33. The molecule has 0 aliphatic rings. The molecule has 1 aromatic carbocycles. The number of carboxylic acids is 1. The van der Waals surface area contributed by atoms with E-state index in [-0.39, 0.29) is 11.4 Å². The highest BCUT2D eigenvalue weighted by molar-refractivity contribution is 5.94. The summed E-state index contributed by atoms with van der Waals surface area (Å²) in [5.41, 5.74) is 1.40. The van der Waals surface area contributed by atoms with Crippen LogP contribution in [-0.4, -0.2) is 20.9 Å². The molecule has 0 radical (unpaired) electrons. The summed E-state index contributed by atoms with van der Waals surface area (Å²) in [5.74, 6) is -1.42. The van der Waals surface area contributed by atoms with Crippen LogP contribution in [0.15, 0.2) is 24.4 Å². The summed E-state index contributed by atoms with van der Waals surface area (Å²) in [6.45, 7) is 4.27. The molecule has 0 saturated heterocycles. The van der Waals surface area contributed by atoms with E-state index in [0.717, 1.165) is 6.42 Å². The molecule has 4 nitrogen and oxygen atoms in total. The number of carboxylic acid groups (broad SMARTS) is 1. The number of hydrogen-bond donors (Lipinski definition) is 1. The maximum atomic E-state index is 13.6. The van der Waals surface area contributed by atoms with Gasteiger partial charge in [-0.15, -0.1) is 0 Å². The van der Waals surface area contributed by atoms with Crippen molar-refractivity contribution in [2.24, 2.45) is 0 Å². The van der Waals surface area contributed by atoms with Gasteiger partial charge in [0.2, 0.25) is 0 Å². The van der Waals surface area contributed by atoms with Gasteiger partial charge in [0.25, 0.3) is 0 Å². The lowest BCUT2D eigenvalue weighted by molar-refractivity contribution is 0.0697. The highest BCUT2D eigenvalue weighted by Gasteiger charge is 2.17. The Morgan fingerprint density at radius 1 is 1.47 bits per heavy atom. The molecule has 0 bridgehead atoms. The Morgan fingerprint density at radius 2 is 2.21 bits per heavy atom. The van der Waals surface area contributed by atoms with Crippen LogP contribution in [0.3, 0.4) is 0 Å². The number of rotatable bonds is 4. The van der Waals surface area contributed by atoms with Gasteiger partial charge >= 0.3 is 5.97 Å². The minimum atomic E-state index is -1.06. The van der Waals surface area contributed by atoms with Crippen LogP contribution in [0.1, 0.15) is 29.3 Å². The fourth-order valence-electron chi connectivity index (χ4n) is 1.87. The van der Waals surface area contributed by atoms with Crippen molar-refractivity contribution in [1.29, 1.82) is 0 Å². The first kappa shape index (κ1) is 13.3. The van der Waals surface area contributed by atoms with Crippen LogP contribution < -0.4 is 0 Å². The van der Waals surface area contributed by atoms with E-state index < -0.39 is 5.97 Å². The van der Waals surface area contributed by atoms with E-state index >= 15 is 0 Å². The lowest BCUT2D eigenvalue weighted by Crippen LogP contribution is -1.97. The Hall–Kier alpha value is -2.17. The average Bonchev–Trinajstić information content (AvgIpc) is 2.77. The van der Waals surface area contributed by atoms with E-state index in [4.69, 9.17) is 0 Å². The Bertz CT molecular complexity index is 620. The normalized spacial score (nSPS) is 10.7. The highest BCUT2D eigenvalue weighted by Crippen LogP contribution is 2.24. The quantitative estimate of drug-likeness (QED) is 0.921. The van der Waals surface area contributed by atoms with Crippen LogP contribution in [0.2, 0.25) is 0 Å². The fourth-order valence-corrected chi connectivity index (χ4v) is 1.87. The van der Waals surface area contributed by atoms with Crippen molar-refractivity contribution in [3.05, 3.63) is 41.3 Å². The third-order valence-corrected chi connectivity index (χ3v) is 2.89. The lowest BCUT2D eigenvalue weighted by Gasteiger charge is -2.01. The number of benzene rings is 1. The molecule has 1 heterocycles. The van der Waals surface area contributed by atoms with Crippen molar-refractivity contribution in [2.75, 3.05) is 0 Å². The molecule has 1 aromatic heterocycles. The van der Waals surface area contributed by atoms with E-state index in [1.807, 2.05) is 6.92 Å². The van der Waals surface area contributed by atoms with Gasteiger partial charge < -0.3 is 5.11 Å². The third-order valence-electron chi connectivity index (χ3n) is 2.89. The van der Waals surface area contributed by atoms with Crippen LogP contribution in [0.5, 0.6) is 0 Å². The molecule has 2 rings (SSSR count). The Kier molecular flexibility index (Phi) is 3.64. The van der Waals surface area contributed by atoms with Gasteiger partial charge in [0.1, 0.15) is 17.1 Å². The minimum Gasteiger partial charge on any atom is -0.478 e. The zero-order chi connectivity index (χ0) is 14.0. The highest BCUT2D eigenvalue weighted by atomic mass is 19.1. The molecule has 100 valence electrons. The van der Waals surface area contributed by atoms with Gasteiger partial charge in [-0.05, 0) is 25.0 Å². The molecule has 0 spiro atoms. The molecule has 19 heavy (non-hydrogen) atoms. The summed E-state index contributed by atoms with van der Waals surface area (Å²) in [5, 5.41) is 13.4. The van der Waals surface area contributed by atoms with Gasteiger partial charge in [-0.1, -0.05) is 19.1 Å². The van der Waals surface area contributed by atoms with E-state index in [1.165, 1.54) is 12.3 Å². The Labute approximate surface area is 110 Å². The second kappa shape index (κ2) is 5.22. The van der Waals surface area contributed by atoms with E-state index in [2.05, 4.69) is 5.10 Å². The number of hydrogen-bond acceptors (Lipinski definition) is 2. The molecule has 0 fully saturated rings. The molecule has 0 unspecified atom stereocenters. The Morgan fingerprint density at radius 3 is 2.79 bits per heavy atom. The maximum Gasteiger partial charge on any atom is 0.339 e. The lowest BCUT2D eigenvalue weighted by atomic mass is 10.1. The molecular weight excluding hydrogens is 247 g/mol. The topological polar surface area (TPSA) is 55.1 Å². The largest absolute Gasteiger partial charge is 0.478 e.